The minimum Gasteiger partial charge on any atom is -0.339 e. The fourth-order valence-corrected chi connectivity index (χ4v) is 3.85. The molecular weight excluding hydrogens is 473 g/mol. The number of benzene rings is 2. The van der Waals surface area contributed by atoms with E-state index in [2.05, 4.69) is 22.9 Å². The van der Waals surface area contributed by atoms with Gasteiger partial charge < -0.3 is 16.0 Å². The largest absolute Gasteiger partial charge is 0.339 e. The third-order valence-corrected chi connectivity index (χ3v) is 5.83. The number of hydrogen-bond acceptors (Lipinski definition) is 2. The van der Waals surface area contributed by atoms with Crippen LogP contribution in [0.25, 0.3) is 10.8 Å². The lowest BCUT2D eigenvalue weighted by molar-refractivity contribution is -0.122. The first-order valence-corrected chi connectivity index (χ1v) is 12.3. The molecule has 2 rings (SSSR count). The van der Waals surface area contributed by atoms with Gasteiger partial charge in [-0.05, 0) is 30.1 Å². The molecule has 0 saturated carbocycles. The molecule has 8 heteroatoms. The van der Waals surface area contributed by atoms with Gasteiger partial charge in [-0.15, -0.1) is 0 Å². The van der Waals surface area contributed by atoms with Gasteiger partial charge in [0.2, 0.25) is 9.70 Å². The maximum absolute atomic E-state index is 12.4. The van der Waals surface area contributed by atoms with Gasteiger partial charge in [0, 0.05) is 17.5 Å². The van der Waals surface area contributed by atoms with Crippen molar-refractivity contribution in [3.05, 3.63) is 42.5 Å². The summed E-state index contributed by atoms with van der Waals surface area (Å²) in [6.07, 6.45) is 7.35. The van der Waals surface area contributed by atoms with Crippen LogP contribution < -0.4 is 16.0 Å². The Bertz CT molecular complexity index is 852. The molecule has 0 aliphatic carbocycles. The molecular formula is C23H30Cl3N3OS. The fourth-order valence-electron chi connectivity index (χ4n) is 3.30. The summed E-state index contributed by atoms with van der Waals surface area (Å²) in [7, 11) is 0. The quantitative estimate of drug-likeness (QED) is 0.133. The van der Waals surface area contributed by atoms with Crippen molar-refractivity contribution in [2.24, 2.45) is 0 Å². The number of carbonyl (C=O) groups is 1. The number of rotatable bonds is 11. The van der Waals surface area contributed by atoms with Gasteiger partial charge in [-0.1, -0.05) is 117 Å². The van der Waals surface area contributed by atoms with Gasteiger partial charge in [-0.25, -0.2) is 0 Å². The molecule has 0 heterocycles. The van der Waals surface area contributed by atoms with Gasteiger partial charge in [0.25, 0.3) is 0 Å². The van der Waals surface area contributed by atoms with E-state index in [9.17, 15) is 4.79 Å². The highest BCUT2D eigenvalue weighted by atomic mass is 35.6. The Morgan fingerprint density at radius 3 is 2.29 bits per heavy atom. The Balaban J connectivity index is 1.86. The van der Waals surface area contributed by atoms with E-state index in [-0.39, 0.29) is 11.0 Å². The van der Waals surface area contributed by atoms with Crippen LogP contribution in [-0.4, -0.2) is 21.0 Å². The lowest BCUT2D eigenvalue weighted by atomic mass is 10.1. The standard InChI is InChI=1S/C23H30Cl3N3OS/c1-2-3-4-5-6-7-8-16-20(30)28-21(23(24,25)26)29-22(31)27-19-15-11-13-17-12-9-10-14-18(17)19/h9-15,21H,2-8,16H2,1H3,(H,28,30)(H2,27,29,31)/t21-/m0/s1. The smallest absolute Gasteiger partial charge is 0.228 e. The number of fused-ring (bicyclic) bond motifs is 1. The van der Waals surface area contributed by atoms with E-state index in [4.69, 9.17) is 47.0 Å². The zero-order chi connectivity index (χ0) is 22.7. The van der Waals surface area contributed by atoms with Crippen LogP contribution in [-0.2, 0) is 4.79 Å². The number of alkyl halides is 3. The van der Waals surface area contributed by atoms with Crippen molar-refractivity contribution in [2.45, 2.75) is 68.2 Å². The zero-order valence-corrected chi connectivity index (χ0v) is 20.8. The van der Waals surface area contributed by atoms with Crippen molar-refractivity contribution in [2.75, 3.05) is 5.32 Å². The summed E-state index contributed by atoms with van der Waals surface area (Å²) < 4.78 is -1.76. The van der Waals surface area contributed by atoms with Gasteiger partial charge in [-0.3, -0.25) is 4.79 Å². The predicted molar refractivity (Wildman–Crippen MR) is 138 cm³/mol. The molecule has 0 bridgehead atoms. The van der Waals surface area contributed by atoms with E-state index < -0.39 is 9.96 Å². The molecule has 170 valence electrons. The van der Waals surface area contributed by atoms with Crippen molar-refractivity contribution in [1.82, 2.24) is 10.6 Å². The molecule has 0 spiro atoms. The average Bonchev–Trinajstić information content (AvgIpc) is 2.72. The predicted octanol–water partition coefficient (Wildman–Crippen LogP) is 7.08. The molecule has 2 aromatic rings. The summed E-state index contributed by atoms with van der Waals surface area (Å²) in [5.74, 6) is -0.176. The molecule has 1 atom stereocenters. The molecule has 2 aromatic carbocycles. The average molecular weight is 503 g/mol. The molecule has 0 saturated heterocycles. The normalized spacial score (nSPS) is 12.4. The monoisotopic (exact) mass is 501 g/mol. The molecule has 0 radical (unpaired) electrons. The molecule has 3 N–H and O–H groups in total. The maximum atomic E-state index is 12.4. The van der Waals surface area contributed by atoms with E-state index in [1.165, 1.54) is 25.7 Å². The summed E-state index contributed by atoms with van der Waals surface area (Å²) in [5, 5.41) is 11.1. The van der Waals surface area contributed by atoms with Crippen molar-refractivity contribution < 1.29 is 4.79 Å². The van der Waals surface area contributed by atoms with Crippen LogP contribution in [0.3, 0.4) is 0 Å². The number of thiocarbonyl (C=S) groups is 1. The SMILES string of the molecule is CCCCCCCCCC(=O)N[C@@H](NC(=S)Nc1cccc2ccccc12)C(Cl)(Cl)Cl. The number of unbranched alkanes of at least 4 members (excludes halogenated alkanes) is 6. The summed E-state index contributed by atoms with van der Waals surface area (Å²) in [4.78, 5) is 12.4. The number of anilines is 1. The second-order valence-corrected chi connectivity index (χ2v) is 10.3. The van der Waals surface area contributed by atoms with Crippen molar-refractivity contribution in [3.63, 3.8) is 0 Å². The summed E-state index contributed by atoms with van der Waals surface area (Å²) in [6.45, 7) is 2.20. The number of carbonyl (C=O) groups excluding carboxylic acids is 1. The van der Waals surface area contributed by atoms with Crippen LogP contribution in [0.4, 0.5) is 5.69 Å². The van der Waals surface area contributed by atoms with Crippen molar-refractivity contribution in [3.8, 4) is 0 Å². The number of hydrogen-bond donors (Lipinski definition) is 3. The number of halogens is 3. The van der Waals surface area contributed by atoms with E-state index in [0.29, 0.717) is 6.42 Å². The van der Waals surface area contributed by atoms with Crippen LogP contribution >= 0.6 is 47.0 Å². The topological polar surface area (TPSA) is 53.2 Å². The Kier molecular flexibility index (Phi) is 11.2. The maximum Gasteiger partial charge on any atom is 0.228 e. The van der Waals surface area contributed by atoms with E-state index >= 15 is 0 Å². The Morgan fingerprint density at radius 1 is 0.935 bits per heavy atom. The minimum absolute atomic E-state index is 0.176. The third kappa shape index (κ3) is 9.40. The van der Waals surface area contributed by atoms with Gasteiger partial charge in [0.15, 0.2) is 5.11 Å². The molecule has 4 nitrogen and oxygen atoms in total. The van der Waals surface area contributed by atoms with E-state index in [1.807, 2.05) is 42.5 Å². The van der Waals surface area contributed by atoms with Gasteiger partial charge in [-0.2, -0.15) is 0 Å². The Labute approximate surface area is 205 Å². The highest BCUT2D eigenvalue weighted by Crippen LogP contribution is 2.29. The molecule has 0 aromatic heterocycles. The van der Waals surface area contributed by atoms with Crippen molar-refractivity contribution in [1.29, 1.82) is 0 Å². The molecule has 0 fully saturated rings. The highest BCUT2D eigenvalue weighted by Gasteiger charge is 2.34. The van der Waals surface area contributed by atoms with Gasteiger partial charge in [0.1, 0.15) is 6.17 Å². The van der Waals surface area contributed by atoms with Gasteiger partial charge >= 0.3 is 0 Å². The summed E-state index contributed by atoms with van der Waals surface area (Å²) in [6, 6.07) is 13.8. The highest BCUT2D eigenvalue weighted by molar-refractivity contribution is 7.80. The third-order valence-electron chi connectivity index (χ3n) is 4.95. The Morgan fingerprint density at radius 2 is 1.58 bits per heavy atom. The molecule has 0 aliphatic rings. The zero-order valence-electron chi connectivity index (χ0n) is 17.7. The van der Waals surface area contributed by atoms with E-state index in [1.54, 1.807) is 0 Å². The molecule has 0 aliphatic heterocycles. The first kappa shape index (κ1) is 26.0. The summed E-state index contributed by atoms with van der Waals surface area (Å²) in [5.41, 5.74) is 0.827. The van der Waals surface area contributed by atoms with E-state index in [0.717, 1.165) is 35.7 Å². The molecule has 0 unspecified atom stereocenters. The number of amides is 1. The van der Waals surface area contributed by atoms with Crippen LogP contribution in [0.2, 0.25) is 0 Å². The van der Waals surface area contributed by atoms with Crippen LogP contribution in [0.1, 0.15) is 58.3 Å². The second kappa shape index (κ2) is 13.3. The fraction of sp³-hybridized carbons (Fsp3) is 0.478. The van der Waals surface area contributed by atoms with Gasteiger partial charge in [0.05, 0.1) is 0 Å². The lowest BCUT2D eigenvalue weighted by Gasteiger charge is -2.28. The Hall–Kier alpha value is -1.27. The van der Waals surface area contributed by atoms with Crippen molar-refractivity contribution >= 4 is 74.5 Å². The number of nitrogens with one attached hydrogen (secondary N) is 3. The van der Waals surface area contributed by atoms with Crippen LogP contribution in [0.15, 0.2) is 42.5 Å². The first-order valence-electron chi connectivity index (χ1n) is 10.7. The lowest BCUT2D eigenvalue weighted by Crippen LogP contribution is -2.56. The second-order valence-electron chi connectivity index (χ2n) is 7.54. The molecule has 1 amide bonds. The first-order chi connectivity index (χ1) is 14.8. The van der Waals surface area contributed by atoms with Crippen LogP contribution in [0.5, 0.6) is 0 Å². The molecule has 31 heavy (non-hydrogen) atoms. The van der Waals surface area contributed by atoms with Crippen LogP contribution in [0, 0.1) is 0 Å². The minimum atomic E-state index is -1.76. The summed E-state index contributed by atoms with van der Waals surface area (Å²) >= 11 is 23.7.